The van der Waals surface area contributed by atoms with E-state index < -0.39 is 5.82 Å². The minimum absolute atomic E-state index is 0.193. The van der Waals surface area contributed by atoms with Crippen molar-refractivity contribution in [2.75, 3.05) is 30.9 Å². The van der Waals surface area contributed by atoms with Crippen molar-refractivity contribution in [1.82, 2.24) is 25.3 Å². The zero-order valence-electron chi connectivity index (χ0n) is 18.3. The fraction of sp³-hybridized carbons (Fsp3) is 0.636. The Morgan fingerprint density at radius 2 is 1.84 bits per heavy atom. The zero-order chi connectivity index (χ0) is 21.6. The van der Waals surface area contributed by atoms with E-state index in [1.165, 1.54) is 19.0 Å². The van der Waals surface area contributed by atoms with Crippen LogP contribution < -0.4 is 16.0 Å². The molecule has 4 rings (SSSR count). The molecular formula is C22H32FN7O. The van der Waals surface area contributed by atoms with Crippen LogP contribution in [0.2, 0.25) is 0 Å². The third kappa shape index (κ3) is 6.30. The van der Waals surface area contributed by atoms with Gasteiger partial charge in [0.15, 0.2) is 5.82 Å². The highest BCUT2D eigenvalue weighted by atomic mass is 19.1. The van der Waals surface area contributed by atoms with E-state index in [1.807, 2.05) is 0 Å². The van der Waals surface area contributed by atoms with Crippen LogP contribution in [0.4, 0.5) is 16.3 Å². The summed E-state index contributed by atoms with van der Waals surface area (Å²) in [6.07, 6.45) is 9.49. The number of ether oxygens (including phenoxy) is 1. The molecule has 2 fully saturated rings. The maximum Gasteiger partial charge on any atom is 0.223 e. The minimum atomic E-state index is -0.488. The van der Waals surface area contributed by atoms with E-state index in [0.29, 0.717) is 42.2 Å². The summed E-state index contributed by atoms with van der Waals surface area (Å²) in [5.41, 5.74) is 0.648. The van der Waals surface area contributed by atoms with Crippen molar-refractivity contribution >= 4 is 11.9 Å². The van der Waals surface area contributed by atoms with Crippen LogP contribution in [0.1, 0.15) is 45.4 Å². The number of nitrogens with one attached hydrogen (secondary N) is 3. The highest BCUT2D eigenvalue weighted by Crippen LogP contribution is 2.29. The Morgan fingerprint density at radius 3 is 2.58 bits per heavy atom. The first-order valence-corrected chi connectivity index (χ1v) is 11.2. The molecule has 1 atom stereocenters. The fourth-order valence-electron chi connectivity index (χ4n) is 4.04. The van der Waals surface area contributed by atoms with Gasteiger partial charge in [-0.05, 0) is 57.4 Å². The predicted octanol–water partition coefficient (Wildman–Crippen LogP) is 3.24. The van der Waals surface area contributed by atoms with Crippen LogP contribution in [0.3, 0.4) is 0 Å². The molecule has 9 heteroatoms. The van der Waals surface area contributed by atoms with Crippen molar-refractivity contribution in [3.8, 4) is 11.4 Å². The highest BCUT2D eigenvalue weighted by molar-refractivity contribution is 5.57. The largest absolute Gasteiger partial charge is 0.383 e. The second kappa shape index (κ2) is 10.3. The monoisotopic (exact) mass is 429 g/mol. The first kappa shape index (κ1) is 21.8. The average molecular weight is 430 g/mol. The molecule has 0 saturated heterocycles. The Balaban J connectivity index is 1.35. The van der Waals surface area contributed by atoms with Crippen LogP contribution in [0.15, 0.2) is 18.5 Å². The quantitative estimate of drug-likeness (QED) is 0.530. The average Bonchev–Trinajstić information content (AvgIpc) is 3.60. The number of aromatic nitrogens is 4. The molecule has 0 amide bonds. The molecule has 2 aromatic heterocycles. The molecule has 2 aliphatic rings. The van der Waals surface area contributed by atoms with Gasteiger partial charge >= 0.3 is 0 Å². The summed E-state index contributed by atoms with van der Waals surface area (Å²) in [6, 6.07) is 2.79. The molecule has 3 N–H and O–H groups in total. The van der Waals surface area contributed by atoms with Gasteiger partial charge in [0.25, 0.3) is 0 Å². The number of halogens is 1. The van der Waals surface area contributed by atoms with Crippen LogP contribution in [0.5, 0.6) is 0 Å². The van der Waals surface area contributed by atoms with Crippen LogP contribution in [-0.2, 0) is 4.74 Å². The Hall–Kier alpha value is -2.39. The Labute approximate surface area is 182 Å². The third-order valence-electron chi connectivity index (χ3n) is 5.89. The summed E-state index contributed by atoms with van der Waals surface area (Å²) in [6.45, 7) is 3.71. The van der Waals surface area contributed by atoms with Crippen molar-refractivity contribution in [2.45, 2.75) is 63.6 Å². The number of anilines is 2. The summed E-state index contributed by atoms with van der Waals surface area (Å²) in [5.74, 6) is 1.15. The molecular weight excluding hydrogens is 397 g/mol. The summed E-state index contributed by atoms with van der Waals surface area (Å²) in [5, 5.41) is 10.2. The number of rotatable bonds is 10. The molecule has 2 aliphatic carbocycles. The van der Waals surface area contributed by atoms with Gasteiger partial charge in [-0.25, -0.2) is 24.3 Å². The van der Waals surface area contributed by atoms with Crippen LogP contribution in [-0.4, -0.2) is 58.3 Å². The molecule has 2 heterocycles. The molecule has 168 valence electrons. The molecule has 0 aliphatic heterocycles. The van der Waals surface area contributed by atoms with Gasteiger partial charge in [-0.3, -0.25) is 0 Å². The van der Waals surface area contributed by atoms with E-state index in [1.54, 1.807) is 19.4 Å². The van der Waals surface area contributed by atoms with Crippen LogP contribution in [0.25, 0.3) is 11.4 Å². The van der Waals surface area contributed by atoms with Gasteiger partial charge in [0.2, 0.25) is 11.9 Å². The minimum Gasteiger partial charge on any atom is -0.383 e. The van der Waals surface area contributed by atoms with Crippen molar-refractivity contribution in [3.05, 3.63) is 24.3 Å². The van der Waals surface area contributed by atoms with Gasteiger partial charge in [-0.1, -0.05) is 0 Å². The summed E-state index contributed by atoms with van der Waals surface area (Å²) >= 11 is 0. The van der Waals surface area contributed by atoms with Gasteiger partial charge in [0, 0.05) is 38.0 Å². The van der Waals surface area contributed by atoms with Crippen LogP contribution >= 0.6 is 0 Å². The highest BCUT2D eigenvalue weighted by Gasteiger charge is 2.24. The van der Waals surface area contributed by atoms with Gasteiger partial charge in [-0.2, -0.15) is 0 Å². The molecule has 0 spiro atoms. The molecule has 2 saturated carbocycles. The first-order valence-electron chi connectivity index (χ1n) is 11.2. The summed E-state index contributed by atoms with van der Waals surface area (Å²) < 4.78 is 19.7. The lowest BCUT2D eigenvalue weighted by molar-refractivity contribution is 0.161. The van der Waals surface area contributed by atoms with Crippen molar-refractivity contribution in [3.63, 3.8) is 0 Å². The normalized spacial score (nSPS) is 22.2. The van der Waals surface area contributed by atoms with E-state index in [0.717, 1.165) is 32.2 Å². The summed E-state index contributed by atoms with van der Waals surface area (Å²) in [4.78, 5) is 17.3. The Kier molecular flexibility index (Phi) is 7.24. The van der Waals surface area contributed by atoms with E-state index in [2.05, 4.69) is 42.8 Å². The number of hydrogen-bond acceptors (Lipinski definition) is 8. The SMILES string of the molecule is COC[C@@H](C)NC1CCC(Nc2ncc(F)c(-c3ccnc(NCC4CC4)n3)n2)CC1. The van der Waals surface area contributed by atoms with Crippen LogP contribution in [0, 0.1) is 11.7 Å². The second-order valence-corrected chi connectivity index (χ2v) is 8.70. The molecule has 0 bridgehead atoms. The van der Waals surface area contributed by atoms with Gasteiger partial charge < -0.3 is 20.7 Å². The maximum absolute atomic E-state index is 14.5. The molecule has 2 aromatic rings. The lowest BCUT2D eigenvalue weighted by atomic mass is 9.91. The van der Waals surface area contributed by atoms with E-state index >= 15 is 0 Å². The van der Waals surface area contributed by atoms with Gasteiger partial charge in [0.1, 0.15) is 5.69 Å². The topological polar surface area (TPSA) is 96.9 Å². The fourth-order valence-corrected chi connectivity index (χ4v) is 4.04. The molecule has 0 radical (unpaired) electrons. The number of nitrogens with zero attached hydrogens (tertiary/aromatic N) is 4. The molecule has 31 heavy (non-hydrogen) atoms. The van der Waals surface area contributed by atoms with Gasteiger partial charge in [0.05, 0.1) is 18.5 Å². The second-order valence-electron chi connectivity index (χ2n) is 8.70. The lowest BCUT2D eigenvalue weighted by Gasteiger charge is -2.31. The third-order valence-corrected chi connectivity index (χ3v) is 5.89. The maximum atomic E-state index is 14.5. The van der Waals surface area contributed by atoms with Crippen molar-refractivity contribution in [2.24, 2.45) is 5.92 Å². The first-order chi connectivity index (χ1) is 15.1. The molecule has 0 aromatic carbocycles. The van der Waals surface area contributed by atoms with E-state index in [4.69, 9.17) is 4.74 Å². The lowest BCUT2D eigenvalue weighted by Crippen LogP contribution is -2.43. The van der Waals surface area contributed by atoms with E-state index in [-0.39, 0.29) is 11.7 Å². The standard InChI is InChI=1S/C22H32FN7O/c1-14(13-31-2)27-16-5-7-17(8-6-16)28-22-26-12-18(23)20(30-22)19-9-10-24-21(29-19)25-11-15-3-4-15/h9-10,12,14-17,27H,3-8,11,13H2,1-2H3,(H,24,25,29)(H,26,28,30)/t14-,16?,17?/m1/s1. The predicted molar refractivity (Wildman–Crippen MR) is 118 cm³/mol. The van der Waals surface area contributed by atoms with E-state index in [9.17, 15) is 4.39 Å². The smallest absolute Gasteiger partial charge is 0.223 e. The van der Waals surface area contributed by atoms with Crippen molar-refractivity contribution < 1.29 is 9.13 Å². The van der Waals surface area contributed by atoms with Crippen molar-refractivity contribution in [1.29, 1.82) is 0 Å². The number of hydrogen-bond donors (Lipinski definition) is 3. The zero-order valence-corrected chi connectivity index (χ0v) is 18.3. The Bertz CT molecular complexity index is 856. The summed E-state index contributed by atoms with van der Waals surface area (Å²) in [7, 11) is 1.73. The molecule has 8 nitrogen and oxygen atoms in total. The Morgan fingerprint density at radius 1 is 1.06 bits per heavy atom. The van der Waals surface area contributed by atoms with Gasteiger partial charge in [-0.15, -0.1) is 0 Å². The molecule has 0 unspecified atom stereocenters. The number of methoxy groups -OCH3 is 1.